The van der Waals surface area contributed by atoms with Crippen LogP contribution in [0.2, 0.25) is 18.6 Å². The van der Waals surface area contributed by atoms with E-state index in [1.54, 1.807) is 5.19 Å². The van der Waals surface area contributed by atoms with Crippen LogP contribution in [0.25, 0.3) is 5.57 Å². The lowest BCUT2D eigenvalue weighted by molar-refractivity contribution is 0.920. The molecule has 0 saturated heterocycles. The van der Waals surface area contributed by atoms with Crippen molar-refractivity contribution in [1.29, 1.82) is 0 Å². The molecule has 110 valence electrons. The van der Waals surface area contributed by atoms with E-state index in [-0.39, 0.29) is 0 Å². The van der Waals surface area contributed by atoms with E-state index in [1.807, 2.05) is 0 Å². The third-order valence-corrected chi connectivity index (χ3v) is 8.82. The van der Waals surface area contributed by atoms with Gasteiger partial charge in [-0.05, 0) is 23.6 Å². The summed E-state index contributed by atoms with van der Waals surface area (Å²) in [6, 6.07) is 21.8. The minimum absolute atomic E-state index is 0.667. The molecule has 0 N–H and O–H groups in total. The maximum Gasteiger partial charge on any atom is 0.0873 e. The molecule has 0 radical (unpaired) electrons. The van der Waals surface area contributed by atoms with Gasteiger partial charge < -0.3 is 0 Å². The fourth-order valence-electron chi connectivity index (χ4n) is 3.02. The van der Waals surface area contributed by atoms with E-state index in [2.05, 4.69) is 93.7 Å². The number of benzene rings is 2. The summed E-state index contributed by atoms with van der Waals surface area (Å²) < 4.78 is 0. The number of hydrogen-bond donors (Lipinski definition) is 0. The van der Waals surface area contributed by atoms with Crippen LogP contribution in [0.4, 0.5) is 0 Å². The monoisotopic (exact) mass is 294 g/mol. The van der Waals surface area contributed by atoms with Gasteiger partial charge in [0.25, 0.3) is 0 Å². The molecule has 0 aliphatic carbocycles. The molecule has 2 rings (SSSR count). The average Bonchev–Trinajstić information content (AvgIpc) is 2.53. The molecule has 2 aromatic carbocycles. The first-order chi connectivity index (χ1) is 10.1. The van der Waals surface area contributed by atoms with Gasteiger partial charge in [0.15, 0.2) is 0 Å². The Morgan fingerprint density at radius 1 is 0.952 bits per heavy atom. The van der Waals surface area contributed by atoms with Crippen LogP contribution in [0.5, 0.6) is 0 Å². The van der Waals surface area contributed by atoms with Crippen molar-refractivity contribution in [3.05, 3.63) is 72.3 Å². The first-order valence-corrected chi connectivity index (χ1v) is 10.9. The topological polar surface area (TPSA) is 0 Å². The fraction of sp³-hybridized carbons (Fsp3) is 0.300. The number of rotatable bonds is 5. The van der Waals surface area contributed by atoms with Crippen LogP contribution in [0.15, 0.2) is 66.7 Å². The van der Waals surface area contributed by atoms with Gasteiger partial charge in [0.05, 0.1) is 8.07 Å². The van der Waals surface area contributed by atoms with Crippen molar-refractivity contribution in [2.75, 3.05) is 0 Å². The maximum absolute atomic E-state index is 2.51. The molecule has 2 aromatic rings. The molecule has 1 heteroatoms. The molecule has 0 nitrogen and oxygen atoms in total. The van der Waals surface area contributed by atoms with Crippen molar-refractivity contribution in [3.8, 4) is 0 Å². The molecule has 0 spiro atoms. The summed E-state index contributed by atoms with van der Waals surface area (Å²) in [6.45, 7) is 9.54. The lowest BCUT2D eigenvalue weighted by atomic mass is 10.1. The predicted octanol–water partition coefficient (Wildman–Crippen LogP) is 5.49. The zero-order valence-corrected chi connectivity index (χ0v) is 14.6. The Morgan fingerprint density at radius 3 is 2.00 bits per heavy atom. The molecular formula is C20H26Si. The van der Waals surface area contributed by atoms with E-state index >= 15 is 0 Å². The lowest BCUT2D eigenvalue weighted by Gasteiger charge is -2.31. The van der Waals surface area contributed by atoms with Crippen molar-refractivity contribution in [2.45, 2.75) is 38.9 Å². The fourth-order valence-corrected chi connectivity index (χ4v) is 6.18. The molecule has 0 aromatic heterocycles. The van der Waals surface area contributed by atoms with Crippen LogP contribution < -0.4 is 5.19 Å². The van der Waals surface area contributed by atoms with Gasteiger partial charge in [0.2, 0.25) is 0 Å². The van der Waals surface area contributed by atoms with Gasteiger partial charge >= 0.3 is 0 Å². The first kappa shape index (κ1) is 15.8. The van der Waals surface area contributed by atoms with Crippen LogP contribution in [0, 0.1) is 0 Å². The van der Waals surface area contributed by atoms with E-state index in [9.17, 15) is 0 Å². The zero-order chi connectivity index (χ0) is 15.3. The van der Waals surface area contributed by atoms with Gasteiger partial charge in [-0.1, -0.05) is 98.4 Å². The Hall–Kier alpha value is -1.60. The Labute approximate surface area is 130 Å². The Morgan fingerprint density at radius 2 is 1.48 bits per heavy atom. The van der Waals surface area contributed by atoms with E-state index in [0.717, 1.165) is 0 Å². The van der Waals surface area contributed by atoms with E-state index < -0.39 is 8.07 Å². The molecule has 1 atom stereocenters. The summed E-state index contributed by atoms with van der Waals surface area (Å²) in [4.78, 5) is 0. The minimum atomic E-state index is -1.48. The lowest BCUT2D eigenvalue weighted by Crippen LogP contribution is -2.45. The molecule has 21 heavy (non-hydrogen) atoms. The molecule has 0 bridgehead atoms. The SMILES string of the molecule is CC[C@@H](/C=C(\C)c1ccccc1)[Si](C)(C)c1ccccc1. The van der Waals surface area contributed by atoms with Crippen LogP contribution in [0.1, 0.15) is 25.8 Å². The van der Waals surface area contributed by atoms with Gasteiger partial charge in [-0.3, -0.25) is 0 Å². The minimum Gasteiger partial charge on any atom is -0.0802 e. The molecule has 0 aliphatic rings. The smallest absolute Gasteiger partial charge is 0.0802 e. The van der Waals surface area contributed by atoms with E-state index in [1.165, 1.54) is 17.6 Å². The average molecular weight is 295 g/mol. The maximum atomic E-state index is 2.51. The molecular weight excluding hydrogens is 268 g/mol. The summed E-state index contributed by atoms with van der Waals surface area (Å²) in [7, 11) is -1.48. The van der Waals surface area contributed by atoms with E-state index in [4.69, 9.17) is 0 Å². The standard InChI is InChI=1S/C20H26Si/c1-5-19(16-17(2)18-12-8-6-9-13-18)21(3,4)20-14-10-7-11-15-20/h6-16,19H,5H2,1-4H3/b17-16+/t19-/m0/s1. The quantitative estimate of drug-likeness (QED) is 0.640. The van der Waals surface area contributed by atoms with Crippen LogP contribution >= 0.6 is 0 Å². The largest absolute Gasteiger partial charge is 0.0873 e. The Bertz CT molecular complexity index is 582. The third kappa shape index (κ3) is 3.73. The Kier molecular flexibility index (Phi) is 5.19. The summed E-state index contributed by atoms with van der Waals surface area (Å²) in [5.74, 6) is 0. The highest BCUT2D eigenvalue weighted by Crippen LogP contribution is 2.30. The third-order valence-electron chi connectivity index (χ3n) is 4.56. The van der Waals surface area contributed by atoms with Crippen molar-refractivity contribution in [1.82, 2.24) is 0 Å². The molecule has 0 unspecified atom stereocenters. The van der Waals surface area contributed by atoms with Crippen molar-refractivity contribution in [3.63, 3.8) is 0 Å². The summed E-state index contributed by atoms with van der Waals surface area (Å²) in [5.41, 5.74) is 3.41. The van der Waals surface area contributed by atoms with Gasteiger partial charge in [0, 0.05) is 0 Å². The van der Waals surface area contributed by atoms with Gasteiger partial charge in [-0.15, -0.1) is 0 Å². The van der Waals surface area contributed by atoms with E-state index in [0.29, 0.717) is 5.54 Å². The normalized spacial score (nSPS) is 14.0. The van der Waals surface area contributed by atoms with Crippen molar-refractivity contribution >= 4 is 18.8 Å². The van der Waals surface area contributed by atoms with Crippen LogP contribution in [-0.4, -0.2) is 8.07 Å². The molecule has 0 fully saturated rings. The first-order valence-electron chi connectivity index (χ1n) is 7.85. The van der Waals surface area contributed by atoms with Gasteiger partial charge in [-0.25, -0.2) is 0 Å². The molecule has 0 aliphatic heterocycles. The second-order valence-corrected chi connectivity index (χ2v) is 11.1. The summed E-state index contributed by atoms with van der Waals surface area (Å²) in [6.07, 6.45) is 3.72. The summed E-state index contributed by atoms with van der Waals surface area (Å²) in [5, 5.41) is 1.55. The second-order valence-electron chi connectivity index (χ2n) is 6.32. The highest BCUT2D eigenvalue weighted by atomic mass is 28.3. The number of hydrogen-bond acceptors (Lipinski definition) is 0. The van der Waals surface area contributed by atoms with Crippen LogP contribution in [-0.2, 0) is 0 Å². The number of allylic oxidation sites excluding steroid dienone is 2. The highest BCUT2D eigenvalue weighted by Gasteiger charge is 2.30. The molecule has 0 amide bonds. The van der Waals surface area contributed by atoms with Gasteiger partial charge in [0.1, 0.15) is 0 Å². The Balaban J connectivity index is 2.31. The zero-order valence-electron chi connectivity index (χ0n) is 13.6. The highest BCUT2D eigenvalue weighted by molar-refractivity contribution is 6.91. The summed E-state index contributed by atoms with van der Waals surface area (Å²) >= 11 is 0. The predicted molar refractivity (Wildman–Crippen MR) is 97.7 cm³/mol. The van der Waals surface area contributed by atoms with Crippen LogP contribution in [0.3, 0.4) is 0 Å². The van der Waals surface area contributed by atoms with Crippen molar-refractivity contribution in [2.24, 2.45) is 0 Å². The molecule has 0 heterocycles. The molecule has 0 saturated carbocycles. The van der Waals surface area contributed by atoms with Gasteiger partial charge in [-0.2, -0.15) is 0 Å². The second kappa shape index (κ2) is 6.90. The van der Waals surface area contributed by atoms with Crippen molar-refractivity contribution < 1.29 is 0 Å².